The minimum atomic E-state index is -0.945. The molecule has 0 amide bonds. The van der Waals surface area contributed by atoms with Gasteiger partial charge in [-0.3, -0.25) is 4.79 Å². The van der Waals surface area contributed by atoms with Gasteiger partial charge in [-0.15, -0.1) is 0 Å². The molecule has 0 aliphatic heterocycles. The number of carboxylic acid groups (broad SMARTS) is 1. The van der Waals surface area contributed by atoms with Crippen molar-refractivity contribution >= 4 is 5.97 Å². The topological polar surface area (TPSA) is 81.3 Å². The van der Waals surface area contributed by atoms with Crippen LogP contribution < -0.4 is 0 Å². The molecule has 0 bridgehead atoms. The van der Waals surface area contributed by atoms with Gasteiger partial charge in [0.05, 0.1) is 12.0 Å². The number of benzene rings is 1. The molecule has 2 N–H and O–H groups in total. The molecule has 0 radical (unpaired) electrons. The zero-order valence-corrected chi connectivity index (χ0v) is 8.32. The maximum atomic E-state index is 10.6. The number of hydrogen-bond donors (Lipinski definition) is 2. The highest BCUT2D eigenvalue weighted by Gasteiger charge is 2.13. The van der Waals surface area contributed by atoms with E-state index in [1.54, 1.807) is 6.07 Å². The predicted octanol–water partition coefficient (Wildman–Crippen LogP) is 1.45. The highest BCUT2D eigenvalue weighted by atomic mass is 16.4. The average molecular weight is 205 g/mol. The van der Waals surface area contributed by atoms with Gasteiger partial charge in [0.25, 0.3) is 0 Å². The van der Waals surface area contributed by atoms with E-state index in [0.717, 1.165) is 0 Å². The van der Waals surface area contributed by atoms with Gasteiger partial charge in [-0.1, -0.05) is 13.0 Å². The van der Waals surface area contributed by atoms with Crippen molar-refractivity contribution in [3.05, 3.63) is 28.8 Å². The van der Waals surface area contributed by atoms with Gasteiger partial charge >= 0.3 is 5.97 Å². The van der Waals surface area contributed by atoms with E-state index in [0.29, 0.717) is 17.5 Å². The molecular weight excluding hydrogens is 194 g/mol. The first kappa shape index (κ1) is 11.1. The maximum Gasteiger partial charge on any atom is 0.307 e. The molecule has 1 aromatic rings. The molecule has 0 aliphatic carbocycles. The molecule has 1 aromatic carbocycles. The first-order chi connectivity index (χ1) is 7.10. The Bertz CT molecular complexity index is 432. The summed E-state index contributed by atoms with van der Waals surface area (Å²) in [5, 5.41) is 26.9. The lowest BCUT2D eigenvalue weighted by molar-refractivity contribution is -0.136. The number of phenols is 1. The molecule has 0 unspecified atom stereocenters. The fourth-order valence-corrected chi connectivity index (χ4v) is 1.54. The van der Waals surface area contributed by atoms with Crippen molar-refractivity contribution in [3.63, 3.8) is 0 Å². The molecule has 0 heterocycles. The third-order valence-electron chi connectivity index (χ3n) is 2.19. The highest BCUT2D eigenvalue weighted by Crippen LogP contribution is 2.24. The van der Waals surface area contributed by atoms with Crippen molar-refractivity contribution in [2.75, 3.05) is 0 Å². The SMILES string of the molecule is CCc1c(CC(=O)O)ccc(O)c1C#N. The Kier molecular flexibility index (Phi) is 3.29. The number of hydrogen-bond acceptors (Lipinski definition) is 3. The average Bonchev–Trinajstić information content (AvgIpc) is 2.19. The number of carboxylic acids is 1. The second kappa shape index (κ2) is 4.47. The zero-order chi connectivity index (χ0) is 11.4. The van der Waals surface area contributed by atoms with E-state index in [9.17, 15) is 9.90 Å². The summed E-state index contributed by atoms with van der Waals surface area (Å²) in [6, 6.07) is 4.79. The number of nitriles is 1. The van der Waals surface area contributed by atoms with Crippen LogP contribution in [0, 0.1) is 11.3 Å². The second-order valence-electron chi connectivity index (χ2n) is 3.13. The van der Waals surface area contributed by atoms with Crippen LogP contribution in [-0.4, -0.2) is 16.2 Å². The summed E-state index contributed by atoms with van der Waals surface area (Å²) in [4.78, 5) is 10.6. The zero-order valence-electron chi connectivity index (χ0n) is 8.32. The fraction of sp³-hybridized carbons (Fsp3) is 0.273. The number of carbonyl (C=O) groups is 1. The Labute approximate surface area is 87.4 Å². The standard InChI is InChI=1S/C11H11NO3/c1-2-8-7(5-11(14)15)3-4-10(13)9(8)6-12/h3-4,13H,2,5H2,1H3,(H,14,15). The summed E-state index contributed by atoms with van der Waals surface area (Å²) in [5.41, 5.74) is 1.37. The number of phenolic OH excluding ortho intramolecular Hbond substituents is 1. The molecular formula is C11H11NO3. The van der Waals surface area contributed by atoms with Crippen LogP contribution in [0.5, 0.6) is 5.75 Å². The van der Waals surface area contributed by atoms with Gasteiger partial charge < -0.3 is 10.2 Å². The van der Waals surface area contributed by atoms with Crippen molar-refractivity contribution in [2.45, 2.75) is 19.8 Å². The first-order valence-corrected chi connectivity index (χ1v) is 4.55. The van der Waals surface area contributed by atoms with Crippen LogP contribution in [-0.2, 0) is 17.6 Å². The number of aromatic hydroxyl groups is 1. The molecule has 0 fully saturated rings. The molecule has 0 saturated heterocycles. The van der Waals surface area contributed by atoms with Gasteiger partial charge in [0, 0.05) is 0 Å². The second-order valence-corrected chi connectivity index (χ2v) is 3.13. The molecule has 78 valence electrons. The van der Waals surface area contributed by atoms with Crippen molar-refractivity contribution in [3.8, 4) is 11.8 Å². The van der Waals surface area contributed by atoms with Gasteiger partial charge in [-0.25, -0.2) is 0 Å². The Hall–Kier alpha value is -2.02. The summed E-state index contributed by atoms with van der Waals surface area (Å²) in [6.07, 6.45) is 0.401. The van der Waals surface area contributed by atoms with E-state index >= 15 is 0 Å². The molecule has 0 aliphatic rings. The van der Waals surface area contributed by atoms with Crippen molar-refractivity contribution in [1.29, 1.82) is 5.26 Å². The van der Waals surface area contributed by atoms with E-state index in [4.69, 9.17) is 10.4 Å². The summed E-state index contributed by atoms with van der Waals surface area (Å²) >= 11 is 0. The van der Waals surface area contributed by atoms with Crippen LogP contribution in [0.2, 0.25) is 0 Å². The third kappa shape index (κ3) is 2.26. The van der Waals surface area contributed by atoms with E-state index < -0.39 is 5.97 Å². The molecule has 0 saturated carbocycles. The normalized spacial score (nSPS) is 9.60. The van der Waals surface area contributed by atoms with Gasteiger partial charge in [-0.2, -0.15) is 5.26 Å². The molecule has 4 nitrogen and oxygen atoms in total. The first-order valence-electron chi connectivity index (χ1n) is 4.55. The van der Waals surface area contributed by atoms with Gasteiger partial charge in [0.15, 0.2) is 0 Å². The highest BCUT2D eigenvalue weighted by molar-refractivity contribution is 5.71. The monoisotopic (exact) mass is 205 g/mol. The quantitative estimate of drug-likeness (QED) is 0.782. The Balaban J connectivity index is 3.30. The van der Waals surface area contributed by atoms with E-state index in [1.165, 1.54) is 6.07 Å². The molecule has 0 spiro atoms. The summed E-state index contributed by atoms with van der Waals surface area (Å²) < 4.78 is 0. The number of aliphatic carboxylic acids is 1. The van der Waals surface area contributed by atoms with Crippen LogP contribution in [0.15, 0.2) is 12.1 Å². The Morgan fingerprint density at radius 3 is 2.67 bits per heavy atom. The number of nitrogens with zero attached hydrogens (tertiary/aromatic N) is 1. The fourth-order valence-electron chi connectivity index (χ4n) is 1.54. The van der Waals surface area contributed by atoms with Gasteiger partial charge in [-0.05, 0) is 23.6 Å². The van der Waals surface area contributed by atoms with E-state index in [2.05, 4.69) is 0 Å². The summed E-state index contributed by atoms with van der Waals surface area (Å²) in [5.74, 6) is -1.04. The summed E-state index contributed by atoms with van der Waals surface area (Å²) in [6.45, 7) is 1.82. The van der Waals surface area contributed by atoms with Crippen LogP contribution in [0.3, 0.4) is 0 Å². The molecule has 1 rings (SSSR count). The smallest absolute Gasteiger partial charge is 0.307 e. The Morgan fingerprint density at radius 2 is 2.20 bits per heavy atom. The number of rotatable bonds is 3. The summed E-state index contributed by atoms with van der Waals surface area (Å²) in [7, 11) is 0. The molecule has 15 heavy (non-hydrogen) atoms. The lowest BCUT2D eigenvalue weighted by atomic mass is 9.96. The Morgan fingerprint density at radius 1 is 1.53 bits per heavy atom. The lowest BCUT2D eigenvalue weighted by Gasteiger charge is -2.08. The van der Waals surface area contributed by atoms with Crippen LogP contribution in [0.1, 0.15) is 23.6 Å². The van der Waals surface area contributed by atoms with E-state index in [1.807, 2.05) is 13.0 Å². The minimum Gasteiger partial charge on any atom is -0.507 e. The third-order valence-corrected chi connectivity index (χ3v) is 2.19. The van der Waals surface area contributed by atoms with Crippen LogP contribution in [0.25, 0.3) is 0 Å². The van der Waals surface area contributed by atoms with E-state index in [-0.39, 0.29) is 17.7 Å². The largest absolute Gasteiger partial charge is 0.507 e. The van der Waals surface area contributed by atoms with Crippen molar-refractivity contribution in [2.24, 2.45) is 0 Å². The van der Waals surface area contributed by atoms with Crippen LogP contribution >= 0.6 is 0 Å². The maximum absolute atomic E-state index is 10.6. The van der Waals surface area contributed by atoms with Crippen LogP contribution in [0.4, 0.5) is 0 Å². The minimum absolute atomic E-state index is 0.0940. The van der Waals surface area contributed by atoms with Gasteiger partial charge in [0.2, 0.25) is 0 Å². The van der Waals surface area contributed by atoms with Gasteiger partial charge in [0.1, 0.15) is 11.8 Å². The van der Waals surface area contributed by atoms with Crippen molar-refractivity contribution < 1.29 is 15.0 Å². The lowest BCUT2D eigenvalue weighted by Crippen LogP contribution is -2.04. The van der Waals surface area contributed by atoms with Crippen molar-refractivity contribution in [1.82, 2.24) is 0 Å². The molecule has 4 heteroatoms. The molecule has 0 atom stereocenters. The predicted molar refractivity (Wildman–Crippen MR) is 53.5 cm³/mol. The molecule has 0 aromatic heterocycles.